The first-order valence-electron chi connectivity index (χ1n) is 4.16. The average molecular weight is 208 g/mol. The summed E-state index contributed by atoms with van der Waals surface area (Å²) in [6.45, 7) is 2.41. The molecule has 0 fully saturated rings. The molecule has 0 saturated carbocycles. The molecule has 0 bridgehead atoms. The standard InChI is InChI=1S/C7H14NO4P/c1-2-3-4-12-7(9)5-8-6-13(10)11/h8H,2-6H2,1H3/p+1. The van der Waals surface area contributed by atoms with Crippen LogP contribution in [-0.4, -0.2) is 30.3 Å². The fraction of sp³-hybridized carbons (Fsp3) is 0.857. The maximum atomic E-state index is 10.8. The number of hydrogen-bond acceptors (Lipinski definition) is 4. The van der Waals surface area contributed by atoms with Crippen LogP contribution in [-0.2, 0) is 14.1 Å². The number of carbonyl (C=O) groups excluding carboxylic acids is 1. The van der Waals surface area contributed by atoms with Crippen molar-refractivity contribution in [1.29, 1.82) is 0 Å². The van der Waals surface area contributed by atoms with Crippen LogP contribution < -0.4 is 5.32 Å². The molecule has 0 aliphatic rings. The van der Waals surface area contributed by atoms with Crippen molar-refractivity contribution in [2.24, 2.45) is 0 Å². The molecule has 0 radical (unpaired) electrons. The number of carbonyl (C=O) groups is 1. The minimum Gasteiger partial charge on any atom is -0.465 e. The summed E-state index contributed by atoms with van der Waals surface area (Å²) < 4.78 is 15.0. The van der Waals surface area contributed by atoms with Gasteiger partial charge in [-0.2, -0.15) is 4.89 Å². The fourth-order valence-corrected chi connectivity index (χ4v) is 0.938. The Bertz CT molecular complexity index is 174. The van der Waals surface area contributed by atoms with Crippen LogP contribution in [0.3, 0.4) is 0 Å². The Labute approximate surface area is 78.3 Å². The molecule has 0 aliphatic carbocycles. The highest BCUT2D eigenvalue weighted by Crippen LogP contribution is 2.07. The minimum absolute atomic E-state index is 0.00858. The Balaban J connectivity index is 3.25. The molecule has 0 saturated heterocycles. The van der Waals surface area contributed by atoms with Gasteiger partial charge in [-0.3, -0.25) is 10.1 Å². The molecule has 2 N–H and O–H groups in total. The third-order valence-electron chi connectivity index (χ3n) is 1.28. The van der Waals surface area contributed by atoms with Gasteiger partial charge in [-0.05, 0) is 11.0 Å². The van der Waals surface area contributed by atoms with E-state index >= 15 is 0 Å². The number of nitrogens with one attached hydrogen (secondary N) is 1. The first-order chi connectivity index (χ1) is 6.16. The van der Waals surface area contributed by atoms with Crippen molar-refractivity contribution in [3.05, 3.63) is 0 Å². The van der Waals surface area contributed by atoms with Crippen molar-refractivity contribution in [2.45, 2.75) is 19.8 Å². The van der Waals surface area contributed by atoms with E-state index in [4.69, 9.17) is 9.63 Å². The Morgan fingerprint density at radius 3 is 2.85 bits per heavy atom. The van der Waals surface area contributed by atoms with E-state index in [1.807, 2.05) is 6.92 Å². The summed E-state index contributed by atoms with van der Waals surface area (Å²) >= 11 is 0. The topological polar surface area (TPSA) is 75.6 Å². The largest absolute Gasteiger partial charge is 0.521 e. The first kappa shape index (κ1) is 12.5. The van der Waals surface area contributed by atoms with E-state index in [0.717, 1.165) is 12.8 Å². The fourth-order valence-electron chi connectivity index (χ4n) is 0.635. The molecule has 76 valence electrons. The van der Waals surface area contributed by atoms with Gasteiger partial charge < -0.3 is 4.74 Å². The highest BCUT2D eigenvalue weighted by atomic mass is 31.1. The summed E-state index contributed by atoms with van der Waals surface area (Å²) in [5, 5.41) is 2.50. The zero-order valence-corrected chi connectivity index (χ0v) is 8.55. The predicted molar refractivity (Wildman–Crippen MR) is 48.6 cm³/mol. The van der Waals surface area contributed by atoms with E-state index in [-0.39, 0.29) is 18.8 Å². The van der Waals surface area contributed by atoms with Crippen molar-refractivity contribution in [3.63, 3.8) is 0 Å². The molecule has 0 aromatic carbocycles. The van der Waals surface area contributed by atoms with Crippen molar-refractivity contribution < 1.29 is 19.0 Å². The normalized spacial score (nSPS) is 11.1. The Hall–Kier alpha value is -0.510. The SMILES string of the molecule is CCCCOC(=O)CNC[P+](=O)O. The van der Waals surface area contributed by atoms with Crippen LogP contribution in [0, 0.1) is 0 Å². The van der Waals surface area contributed by atoms with Gasteiger partial charge in [0.15, 0.2) is 0 Å². The van der Waals surface area contributed by atoms with Gasteiger partial charge in [0.1, 0.15) is 0 Å². The molecule has 6 heteroatoms. The second kappa shape index (κ2) is 8.10. The quantitative estimate of drug-likeness (QED) is 0.364. The Morgan fingerprint density at radius 2 is 2.31 bits per heavy atom. The monoisotopic (exact) mass is 208 g/mol. The summed E-state index contributed by atoms with van der Waals surface area (Å²) in [5.74, 6) is -0.384. The van der Waals surface area contributed by atoms with Crippen LogP contribution in [0.4, 0.5) is 0 Å². The molecular formula is C7H15NO4P+. The molecule has 1 atom stereocenters. The van der Waals surface area contributed by atoms with Gasteiger partial charge in [0, 0.05) is 0 Å². The first-order valence-corrected chi connectivity index (χ1v) is 5.56. The predicted octanol–water partition coefficient (Wildman–Crippen LogP) is 0.611. The Kier molecular flexibility index (Phi) is 7.79. The highest BCUT2D eigenvalue weighted by molar-refractivity contribution is 7.37. The van der Waals surface area contributed by atoms with Gasteiger partial charge in [0.25, 0.3) is 0 Å². The zero-order valence-electron chi connectivity index (χ0n) is 7.65. The number of ether oxygens (including phenoxy) is 1. The smallest absolute Gasteiger partial charge is 0.465 e. The number of esters is 1. The molecule has 0 aromatic rings. The van der Waals surface area contributed by atoms with Crippen LogP contribution >= 0.6 is 8.03 Å². The van der Waals surface area contributed by atoms with Gasteiger partial charge in [0.05, 0.1) is 13.2 Å². The summed E-state index contributed by atoms with van der Waals surface area (Å²) in [4.78, 5) is 19.2. The maximum absolute atomic E-state index is 10.8. The number of rotatable bonds is 7. The zero-order chi connectivity index (χ0) is 10.1. The Morgan fingerprint density at radius 1 is 1.62 bits per heavy atom. The van der Waals surface area contributed by atoms with E-state index < -0.39 is 8.03 Å². The second-order valence-corrected chi connectivity index (χ2v) is 3.53. The lowest BCUT2D eigenvalue weighted by Crippen LogP contribution is -2.24. The molecule has 0 heterocycles. The van der Waals surface area contributed by atoms with Crippen LogP contribution in [0.1, 0.15) is 19.8 Å². The maximum Gasteiger partial charge on any atom is 0.521 e. The third-order valence-corrected chi connectivity index (χ3v) is 1.77. The van der Waals surface area contributed by atoms with Gasteiger partial charge in [-0.25, -0.2) is 0 Å². The highest BCUT2D eigenvalue weighted by Gasteiger charge is 2.10. The molecule has 0 rings (SSSR count). The lowest BCUT2D eigenvalue weighted by Gasteiger charge is -2.01. The van der Waals surface area contributed by atoms with Gasteiger partial charge in [0.2, 0.25) is 6.29 Å². The second-order valence-electron chi connectivity index (χ2n) is 2.51. The average Bonchev–Trinajstić information content (AvgIpc) is 2.04. The van der Waals surface area contributed by atoms with Gasteiger partial charge in [-0.1, -0.05) is 13.3 Å². The van der Waals surface area contributed by atoms with E-state index in [9.17, 15) is 9.36 Å². The number of unbranched alkanes of at least 4 members (excludes halogenated alkanes) is 1. The van der Waals surface area contributed by atoms with Crippen molar-refractivity contribution in [2.75, 3.05) is 19.4 Å². The van der Waals surface area contributed by atoms with E-state index in [1.54, 1.807) is 0 Å². The van der Waals surface area contributed by atoms with Crippen LogP contribution in [0.25, 0.3) is 0 Å². The van der Waals surface area contributed by atoms with Gasteiger partial charge >= 0.3 is 14.0 Å². The van der Waals surface area contributed by atoms with Crippen LogP contribution in [0.2, 0.25) is 0 Å². The molecular weight excluding hydrogens is 193 g/mol. The van der Waals surface area contributed by atoms with E-state index in [0.29, 0.717) is 6.61 Å². The van der Waals surface area contributed by atoms with Crippen LogP contribution in [0.15, 0.2) is 0 Å². The summed E-state index contributed by atoms with van der Waals surface area (Å²) in [6, 6.07) is 0. The number of hydrogen-bond donors (Lipinski definition) is 2. The molecule has 0 aromatic heterocycles. The van der Waals surface area contributed by atoms with E-state index in [2.05, 4.69) is 5.32 Å². The summed E-state index contributed by atoms with van der Waals surface area (Å²) in [5.41, 5.74) is 0. The van der Waals surface area contributed by atoms with Crippen molar-refractivity contribution in [3.8, 4) is 0 Å². The lowest BCUT2D eigenvalue weighted by molar-refractivity contribution is -0.142. The molecule has 0 amide bonds. The molecule has 1 unspecified atom stereocenters. The van der Waals surface area contributed by atoms with E-state index in [1.165, 1.54) is 0 Å². The summed E-state index contributed by atoms with van der Waals surface area (Å²) in [7, 11) is -2.22. The van der Waals surface area contributed by atoms with Crippen molar-refractivity contribution in [1.82, 2.24) is 5.32 Å². The molecule has 0 aliphatic heterocycles. The molecule has 13 heavy (non-hydrogen) atoms. The molecule has 0 spiro atoms. The molecule has 5 nitrogen and oxygen atoms in total. The van der Waals surface area contributed by atoms with Crippen molar-refractivity contribution >= 4 is 14.0 Å². The summed E-state index contributed by atoms with van der Waals surface area (Å²) in [6.07, 6.45) is 1.75. The minimum atomic E-state index is -2.22. The van der Waals surface area contributed by atoms with Gasteiger partial charge in [-0.15, -0.1) is 0 Å². The lowest BCUT2D eigenvalue weighted by atomic mass is 10.4. The van der Waals surface area contributed by atoms with Crippen LogP contribution in [0.5, 0.6) is 0 Å². The third kappa shape index (κ3) is 9.40.